The van der Waals surface area contributed by atoms with Gasteiger partial charge < -0.3 is 10.4 Å². The van der Waals surface area contributed by atoms with Gasteiger partial charge >= 0.3 is 0 Å². The largest absolute Gasteiger partial charge is 0.396 e. The van der Waals surface area contributed by atoms with E-state index in [4.69, 9.17) is 5.11 Å². The van der Waals surface area contributed by atoms with Crippen LogP contribution >= 0.6 is 0 Å². The molecular weight excluding hydrogens is 276 g/mol. The molecule has 2 atom stereocenters. The van der Waals surface area contributed by atoms with E-state index in [1.165, 1.54) is 6.08 Å². The minimum Gasteiger partial charge on any atom is -0.396 e. The van der Waals surface area contributed by atoms with Crippen LogP contribution in [0.2, 0.25) is 0 Å². The van der Waals surface area contributed by atoms with Crippen molar-refractivity contribution >= 4 is 22.9 Å². The van der Waals surface area contributed by atoms with Gasteiger partial charge in [0, 0.05) is 41.8 Å². The Labute approximate surface area is 129 Å². The first kappa shape index (κ1) is 14.5. The molecule has 0 radical (unpaired) electrons. The van der Waals surface area contributed by atoms with Gasteiger partial charge in [-0.15, -0.1) is 0 Å². The molecular formula is C18H18N2O2. The molecule has 1 aliphatic carbocycles. The zero-order valence-electron chi connectivity index (χ0n) is 12.1. The van der Waals surface area contributed by atoms with Crippen molar-refractivity contribution < 1.29 is 9.90 Å². The van der Waals surface area contributed by atoms with E-state index in [2.05, 4.69) is 10.3 Å². The Morgan fingerprint density at radius 3 is 3.00 bits per heavy atom. The summed E-state index contributed by atoms with van der Waals surface area (Å²) in [6.07, 6.45) is 9.70. The number of aromatic nitrogens is 1. The molecule has 0 saturated heterocycles. The van der Waals surface area contributed by atoms with Crippen LogP contribution in [0, 0.1) is 5.92 Å². The summed E-state index contributed by atoms with van der Waals surface area (Å²) in [7, 11) is 0. The minimum absolute atomic E-state index is 0.0000532. The molecule has 1 aromatic heterocycles. The lowest BCUT2D eigenvalue weighted by atomic mass is 10.1. The third-order valence-electron chi connectivity index (χ3n) is 3.81. The topological polar surface area (TPSA) is 62.2 Å². The number of carbonyl (C=O) groups is 1. The second kappa shape index (κ2) is 6.54. The summed E-state index contributed by atoms with van der Waals surface area (Å²) in [5.74, 6) is 0.0118. The van der Waals surface area contributed by atoms with E-state index >= 15 is 0 Å². The smallest absolute Gasteiger partial charge is 0.244 e. The summed E-state index contributed by atoms with van der Waals surface area (Å²) in [6.45, 7) is 0.125. The maximum atomic E-state index is 12.0. The van der Waals surface area contributed by atoms with E-state index in [1.807, 2.05) is 42.5 Å². The zero-order chi connectivity index (χ0) is 15.4. The molecule has 0 fully saturated rings. The molecule has 0 saturated carbocycles. The van der Waals surface area contributed by atoms with Crippen LogP contribution in [0.1, 0.15) is 12.0 Å². The van der Waals surface area contributed by atoms with Crippen LogP contribution in [0.5, 0.6) is 0 Å². The molecule has 1 amide bonds. The molecule has 0 unspecified atom stereocenters. The number of para-hydroxylation sites is 1. The third-order valence-corrected chi connectivity index (χ3v) is 3.81. The van der Waals surface area contributed by atoms with Gasteiger partial charge in [-0.05, 0) is 18.6 Å². The standard InChI is InChI=1S/C18H18N2O2/c21-12-13-6-8-16(11-13)20-17(22)9-7-15-4-1-3-14-5-2-10-19-18(14)15/h1-10,13,16,21H,11-12H2,(H,20,22)/b9-7+/t13-,16+/m0/s1. The molecule has 1 aliphatic rings. The highest BCUT2D eigenvalue weighted by Gasteiger charge is 2.18. The van der Waals surface area contributed by atoms with Crippen LogP contribution < -0.4 is 5.32 Å². The van der Waals surface area contributed by atoms with Crippen molar-refractivity contribution in [1.29, 1.82) is 0 Å². The van der Waals surface area contributed by atoms with Crippen molar-refractivity contribution in [3.05, 3.63) is 60.3 Å². The minimum atomic E-state index is -0.138. The molecule has 112 valence electrons. The summed E-state index contributed by atoms with van der Waals surface area (Å²) in [5, 5.41) is 13.1. The summed E-state index contributed by atoms with van der Waals surface area (Å²) in [6, 6.07) is 9.78. The Hall–Kier alpha value is -2.46. The predicted molar refractivity (Wildman–Crippen MR) is 87.0 cm³/mol. The van der Waals surface area contributed by atoms with Gasteiger partial charge in [-0.1, -0.05) is 36.4 Å². The van der Waals surface area contributed by atoms with Gasteiger partial charge in [0.2, 0.25) is 5.91 Å². The summed E-state index contributed by atoms with van der Waals surface area (Å²) in [4.78, 5) is 16.4. The average molecular weight is 294 g/mol. The number of aliphatic hydroxyl groups is 1. The molecule has 4 heteroatoms. The number of aliphatic hydroxyl groups excluding tert-OH is 1. The zero-order valence-corrected chi connectivity index (χ0v) is 12.1. The number of benzene rings is 1. The van der Waals surface area contributed by atoms with Crippen molar-refractivity contribution in [3.8, 4) is 0 Å². The van der Waals surface area contributed by atoms with E-state index in [1.54, 1.807) is 12.3 Å². The third kappa shape index (κ3) is 3.23. The van der Waals surface area contributed by atoms with Crippen molar-refractivity contribution in [2.45, 2.75) is 12.5 Å². The molecule has 0 aliphatic heterocycles. The Balaban J connectivity index is 1.68. The van der Waals surface area contributed by atoms with Crippen LogP contribution in [-0.2, 0) is 4.79 Å². The Morgan fingerprint density at radius 2 is 2.18 bits per heavy atom. The number of fused-ring (bicyclic) bond motifs is 1. The summed E-state index contributed by atoms with van der Waals surface area (Å²) in [5.41, 5.74) is 1.80. The first-order valence-electron chi connectivity index (χ1n) is 7.38. The first-order chi connectivity index (χ1) is 10.8. The number of carbonyl (C=O) groups excluding carboxylic acids is 1. The van der Waals surface area contributed by atoms with E-state index in [0.717, 1.165) is 22.9 Å². The average Bonchev–Trinajstić information content (AvgIpc) is 3.00. The van der Waals surface area contributed by atoms with Crippen molar-refractivity contribution in [1.82, 2.24) is 10.3 Å². The lowest BCUT2D eigenvalue weighted by molar-refractivity contribution is -0.116. The highest BCUT2D eigenvalue weighted by atomic mass is 16.3. The Kier molecular flexibility index (Phi) is 4.30. The number of nitrogens with one attached hydrogen (secondary N) is 1. The number of rotatable bonds is 4. The second-order valence-corrected chi connectivity index (χ2v) is 5.43. The van der Waals surface area contributed by atoms with Crippen molar-refractivity contribution in [2.75, 3.05) is 6.61 Å². The number of hydrogen-bond acceptors (Lipinski definition) is 3. The molecule has 3 rings (SSSR count). The predicted octanol–water partition coefficient (Wildman–Crippen LogP) is 2.30. The highest BCUT2D eigenvalue weighted by molar-refractivity contribution is 5.95. The molecule has 1 aromatic carbocycles. The van der Waals surface area contributed by atoms with Crippen LogP contribution in [0.15, 0.2) is 54.8 Å². The van der Waals surface area contributed by atoms with Crippen LogP contribution in [0.4, 0.5) is 0 Å². The SMILES string of the molecule is O=C(/C=C/c1cccc2cccnc12)N[C@@H]1C=C[C@H](CO)C1. The Bertz CT molecular complexity index is 731. The quantitative estimate of drug-likeness (QED) is 0.672. The molecule has 2 aromatic rings. The van der Waals surface area contributed by atoms with Gasteiger partial charge in [0.05, 0.1) is 5.52 Å². The Morgan fingerprint density at radius 1 is 1.32 bits per heavy atom. The van der Waals surface area contributed by atoms with E-state index in [-0.39, 0.29) is 24.5 Å². The first-order valence-corrected chi connectivity index (χ1v) is 7.38. The number of amides is 1. The number of nitrogens with zero attached hydrogens (tertiary/aromatic N) is 1. The van der Waals surface area contributed by atoms with Crippen molar-refractivity contribution in [2.24, 2.45) is 5.92 Å². The second-order valence-electron chi connectivity index (χ2n) is 5.43. The van der Waals surface area contributed by atoms with E-state index in [0.29, 0.717) is 0 Å². The van der Waals surface area contributed by atoms with E-state index in [9.17, 15) is 4.79 Å². The van der Waals surface area contributed by atoms with Gasteiger partial charge in [-0.2, -0.15) is 0 Å². The fourth-order valence-corrected chi connectivity index (χ4v) is 2.68. The van der Waals surface area contributed by atoms with Gasteiger partial charge in [0.1, 0.15) is 0 Å². The van der Waals surface area contributed by atoms with Crippen LogP contribution in [0.25, 0.3) is 17.0 Å². The molecule has 0 spiro atoms. The molecule has 0 bridgehead atoms. The molecule has 2 N–H and O–H groups in total. The monoisotopic (exact) mass is 294 g/mol. The fourth-order valence-electron chi connectivity index (χ4n) is 2.68. The summed E-state index contributed by atoms with van der Waals surface area (Å²) < 4.78 is 0. The lowest BCUT2D eigenvalue weighted by Gasteiger charge is -2.10. The van der Waals surface area contributed by atoms with Crippen molar-refractivity contribution in [3.63, 3.8) is 0 Å². The number of pyridine rings is 1. The van der Waals surface area contributed by atoms with E-state index < -0.39 is 0 Å². The fraction of sp³-hybridized carbons (Fsp3) is 0.222. The molecule has 4 nitrogen and oxygen atoms in total. The molecule has 22 heavy (non-hydrogen) atoms. The van der Waals surface area contributed by atoms with Gasteiger partial charge in [-0.25, -0.2) is 0 Å². The van der Waals surface area contributed by atoms with Gasteiger partial charge in [0.15, 0.2) is 0 Å². The van der Waals surface area contributed by atoms with Gasteiger partial charge in [0.25, 0.3) is 0 Å². The summed E-state index contributed by atoms with van der Waals surface area (Å²) >= 11 is 0. The highest BCUT2D eigenvalue weighted by Crippen LogP contribution is 2.18. The molecule has 1 heterocycles. The maximum Gasteiger partial charge on any atom is 0.244 e. The van der Waals surface area contributed by atoms with Crippen LogP contribution in [-0.4, -0.2) is 28.6 Å². The lowest BCUT2D eigenvalue weighted by Crippen LogP contribution is -2.31. The van der Waals surface area contributed by atoms with Gasteiger partial charge in [-0.3, -0.25) is 9.78 Å². The van der Waals surface area contributed by atoms with Crippen LogP contribution in [0.3, 0.4) is 0 Å². The normalized spacial score (nSPS) is 20.8. The number of hydrogen-bond donors (Lipinski definition) is 2. The maximum absolute atomic E-state index is 12.0.